The second-order valence-electron chi connectivity index (χ2n) is 6.91. The first-order valence-electron chi connectivity index (χ1n) is 9.12. The summed E-state index contributed by atoms with van der Waals surface area (Å²) in [5, 5.41) is 31.7. The van der Waals surface area contributed by atoms with E-state index in [-0.39, 0.29) is 18.9 Å². The van der Waals surface area contributed by atoms with Crippen LogP contribution in [-0.2, 0) is 4.74 Å². The highest BCUT2D eigenvalue weighted by molar-refractivity contribution is 5.95. The van der Waals surface area contributed by atoms with E-state index in [2.05, 4.69) is 5.32 Å². The molecule has 28 heavy (non-hydrogen) atoms. The average molecular weight is 387 g/mol. The van der Waals surface area contributed by atoms with Crippen molar-refractivity contribution in [3.8, 4) is 16.9 Å². The summed E-state index contributed by atoms with van der Waals surface area (Å²) >= 11 is 0. The molecule has 7 nitrogen and oxygen atoms in total. The SMILES string of the molecule is COc1ccc(-c2cccc(C(=O)NCC3OC(O)C(O)C[C@@H]3O)c2)cc1C. The van der Waals surface area contributed by atoms with Crippen molar-refractivity contribution in [2.24, 2.45) is 0 Å². The van der Waals surface area contributed by atoms with Crippen molar-refractivity contribution in [2.75, 3.05) is 13.7 Å². The highest BCUT2D eigenvalue weighted by Crippen LogP contribution is 2.26. The minimum atomic E-state index is -1.37. The van der Waals surface area contributed by atoms with E-state index in [1.54, 1.807) is 25.3 Å². The lowest BCUT2D eigenvalue weighted by atomic mass is 10.0. The van der Waals surface area contributed by atoms with Crippen molar-refractivity contribution in [1.82, 2.24) is 5.32 Å². The minimum absolute atomic E-state index is 0.00594. The van der Waals surface area contributed by atoms with Gasteiger partial charge in [0.2, 0.25) is 0 Å². The average Bonchev–Trinajstić information content (AvgIpc) is 2.69. The first-order valence-corrected chi connectivity index (χ1v) is 9.12. The molecule has 1 amide bonds. The quantitative estimate of drug-likeness (QED) is 0.615. The summed E-state index contributed by atoms with van der Waals surface area (Å²) in [6, 6.07) is 13.0. The predicted octanol–water partition coefficient (Wildman–Crippen LogP) is 1.23. The maximum atomic E-state index is 12.5. The number of aryl methyl sites for hydroxylation is 1. The number of ether oxygens (including phenoxy) is 2. The molecule has 1 fully saturated rings. The molecule has 1 heterocycles. The van der Waals surface area contributed by atoms with Crippen LogP contribution in [0.3, 0.4) is 0 Å². The number of methoxy groups -OCH3 is 1. The van der Waals surface area contributed by atoms with E-state index in [0.717, 1.165) is 22.4 Å². The molecule has 150 valence electrons. The van der Waals surface area contributed by atoms with Gasteiger partial charge in [-0.2, -0.15) is 0 Å². The number of hydrogen-bond acceptors (Lipinski definition) is 6. The molecule has 0 spiro atoms. The van der Waals surface area contributed by atoms with Crippen molar-refractivity contribution in [2.45, 2.75) is 37.9 Å². The van der Waals surface area contributed by atoms with Crippen LogP contribution in [0.15, 0.2) is 42.5 Å². The fourth-order valence-corrected chi connectivity index (χ4v) is 3.25. The molecule has 3 unspecified atom stereocenters. The lowest BCUT2D eigenvalue weighted by Crippen LogP contribution is -2.51. The number of rotatable bonds is 5. The molecular formula is C21H25NO6. The Labute approximate surface area is 163 Å². The third-order valence-electron chi connectivity index (χ3n) is 4.87. The Kier molecular flexibility index (Phi) is 6.31. The predicted molar refractivity (Wildman–Crippen MR) is 103 cm³/mol. The van der Waals surface area contributed by atoms with Crippen LogP contribution in [0.25, 0.3) is 11.1 Å². The van der Waals surface area contributed by atoms with Gasteiger partial charge in [-0.05, 0) is 47.9 Å². The van der Waals surface area contributed by atoms with Crippen molar-refractivity contribution in [1.29, 1.82) is 0 Å². The van der Waals surface area contributed by atoms with Crippen LogP contribution in [0.4, 0.5) is 0 Å². The standard InChI is InChI=1S/C21H25NO6/c1-12-8-14(6-7-18(12)27-2)13-4-3-5-15(9-13)20(25)22-11-19-16(23)10-17(24)21(26)28-19/h3-9,16-17,19,21,23-24,26H,10-11H2,1-2H3,(H,22,25)/t16-,17?,19?,21?/m0/s1. The molecule has 4 atom stereocenters. The first kappa shape index (κ1) is 20.3. The molecule has 1 aliphatic heterocycles. The lowest BCUT2D eigenvalue weighted by Gasteiger charge is -2.34. The highest BCUT2D eigenvalue weighted by Gasteiger charge is 2.35. The van der Waals surface area contributed by atoms with Gasteiger partial charge >= 0.3 is 0 Å². The van der Waals surface area contributed by atoms with Crippen LogP contribution >= 0.6 is 0 Å². The molecule has 0 radical (unpaired) electrons. The maximum absolute atomic E-state index is 12.5. The zero-order valence-electron chi connectivity index (χ0n) is 15.8. The van der Waals surface area contributed by atoms with Gasteiger partial charge in [0.25, 0.3) is 5.91 Å². The van der Waals surface area contributed by atoms with Crippen molar-refractivity contribution >= 4 is 5.91 Å². The normalized spacial score (nSPS) is 24.6. The molecule has 3 rings (SSSR count). The second kappa shape index (κ2) is 8.70. The first-order chi connectivity index (χ1) is 13.4. The molecular weight excluding hydrogens is 362 g/mol. The number of aliphatic hydroxyl groups excluding tert-OH is 3. The third kappa shape index (κ3) is 4.51. The summed E-state index contributed by atoms with van der Waals surface area (Å²) in [5.41, 5.74) is 3.33. The van der Waals surface area contributed by atoms with Gasteiger partial charge in [-0.3, -0.25) is 4.79 Å². The monoisotopic (exact) mass is 387 g/mol. The van der Waals surface area contributed by atoms with Gasteiger partial charge in [0.05, 0.1) is 13.2 Å². The molecule has 0 aliphatic carbocycles. The number of amides is 1. The van der Waals surface area contributed by atoms with Crippen LogP contribution in [-0.4, -0.2) is 59.5 Å². The summed E-state index contributed by atoms with van der Waals surface area (Å²) in [5.74, 6) is 0.486. The molecule has 0 saturated carbocycles. The number of nitrogens with one attached hydrogen (secondary N) is 1. The minimum Gasteiger partial charge on any atom is -0.496 e. The smallest absolute Gasteiger partial charge is 0.251 e. The van der Waals surface area contributed by atoms with E-state index in [9.17, 15) is 20.1 Å². The van der Waals surface area contributed by atoms with Crippen LogP contribution in [0.2, 0.25) is 0 Å². The zero-order chi connectivity index (χ0) is 20.3. The van der Waals surface area contributed by atoms with Gasteiger partial charge in [0.15, 0.2) is 6.29 Å². The van der Waals surface area contributed by atoms with Crippen molar-refractivity contribution < 1.29 is 29.6 Å². The molecule has 0 bridgehead atoms. The Bertz CT molecular complexity index is 839. The summed E-state index contributed by atoms with van der Waals surface area (Å²) in [6.07, 6.45) is -4.26. The Morgan fingerprint density at radius 2 is 1.89 bits per heavy atom. The van der Waals surface area contributed by atoms with Crippen molar-refractivity contribution in [3.63, 3.8) is 0 Å². The Morgan fingerprint density at radius 3 is 2.61 bits per heavy atom. The molecule has 0 aromatic heterocycles. The molecule has 1 aliphatic rings. The molecule has 2 aromatic rings. The summed E-state index contributed by atoms with van der Waals surface area (Å²) in [6.45, 7) is 1.98. The summed E-state index contributed by atoms with van der Waals surface area (Å²) in [7, 11) is 1.62. The van der Waals surface area contributed by atoms with Gasteiger partial charge < -0.3 is 30.1 Å². The van der Waals surface area contributed by atoms with Crippen molar-refractivity contribution in [3.05, 3.63) is 53.6 Å². The Hall–Kier alpha value is -2.45. The van der Waals surface area contributed by atoms with Gasteiger partial charge in [0, 0.05) is 18.5 Å². The van der Waals surface area contributed by atoms with E-state index in [0.29, 0.717) is 5.56 Å². The molecule has 7 heteroatoms. The number of carbonyl (C=O) groups is 1. The van der Waals surface area contributed by atoms with Gasteiger partial charge in [-0.15, -0.1) is 0 Å². The maximum Gasteiger partial charge on any atom is 0.251 e. The highest BCUT2D eigenvalue weighted by atomic mass is 16.6. The summed E-state index contributed by atoms with van der Waals surface area (Å²) in [4.78, 5) is 12.5. The van der Waals surface area contributed by atoms with E-state index in [4.69, 9.17) is 9.47 Å². The van der Waals surface area contributed by atoms with Crippen LogP contribution in [0.1, 0.15) is 22.3 Å². The van der Waals surface area contributed by atoms with Crippen LogP contribution < -0.4 is 10.1 Å². The lowest BCUT2D eigenvalue weighted by molar-refractivity contribution is -0.243. The Morgan fingerprint density at radius 1 is 1.14 bits per heavy atom. The van der Waals surface area contributed by atoms with Crippen LogP contribution in [0, 0.1) is 6.92 Å². The largest absolute Gasteiger partial charge is 0.496 e. The molecule has 1 saturated heterocycles. The summed E-state index contributed by atoms with van der Waals surface area (Å²) < 4.78 is 10.4. The molecule has 2 aromatic carbocycles. The zero-order valence-corrected chi connectivity index (χ0v) is 15.8. The van der Waals surface area contributed by atoms with Crippen LogP contribution in [0.5, 0.6) is 5.75 Å². The topological polar surface area (TPSA) is 108 Å². The van der Waals surface area contributed by atoms with E-state index < -0.39 is 24.6 Å². The van der Waals surface area contributed by atoms with Gasteiger partial charge in [-0.25, -0.2) is 0 Å². The van der Waals surface area contributed by atoms with E-state index >= 15 is 0 Å². The van der Waals surface area contributed by atoms with E-state index in [1.807, 2.05) is 31.2 Å². The molecule has 4 N–H and O–H groups in total. The third-order valence-corrected chi connectivity index (χ3v) is 4.87. The number of carbonyl (C=O) groups excluding carboxylic acids is 1. The van der Waals surface area contributed by atoms with E-state index in [1.165, 1.54) is 0 Å². The fraction of sp³-hybridized carbons (Fsp3) is 0.381. The van der Waals surface area contributed by atoms with Gasteiger partial charge in [-0.1, -0.05) is 18.2 Å². The Balaban J connectivity index is 1.68. The van der Waals surface area contributed by atoms with Gasteiger partial charge in [0.1, 0.15) is 18.0 Å². The number of aliphatic hydroxyl groups is 3. The number of hydrogen-bond donors (Lipinski definition) is 4. The fourth-order valence-electron chi connectivity index (χ4n) is 3.25. The number of benzene rings is 2. The second-order valence-corrected chi connectivity index (χ2v) is 6.91.